The molecule has 0 atom stereocenters. The fourth-order valence-corrected chi connectivity index (χ4v) is 2.02. The van der Waals surface area contributed by atoms with Crippen LogP contribution < -0.4 is 21.2 Å². The second-order valence-electron chi connectivity index (χ2n) is 4.82. The minimum absolute atomic E-state index is 0.173. The van der Waals surface area contributed by atoms with Gasteiger partial charge in [-0.2, -0.15) is 0 Å². The van der Waals surface area contributed by atoms with Crippen LogP contribution >= 0.6 is 0 Å². The van der Waals surface area contributed by atoms with Gasteiger partial charge in [-0.25, -0.2) is 0 Å². The number of rotatable bonds is 6. The molecule has 0 saturated carbocycles. The first-order valence-corrected chi connectivity index (χ1v) is 6.97. The van der Waals surface area contributed by atoms with Crippen molar-refractivity contribution in [3.8, 4) is 5.75 Å². The van der Waals surface area contributed by atoms with E-state index >= 15 is 0 Å². The van der Waals surface area contributed by atoms with Crippen LogP contribution in [-0.2, 0) is 13.0 Å². The summed E-state index contributed by atoms with van der Waals surface area (Å²) >= 11 is 0. The first-order valence-electron chi connectivity index (χ1n) is 6.97. The number of hydrogen-bond donors (Lipinski definition) is 3. The van der Waals surface area contributed by atoms with Crippen molar-refractivity contribution in [2.75, 3.05) is 13.7 Å². The number of carbonyl (C=O) groups excluding carboxylic acids is 1. The summed E-state index contributed by atoms with van der Waals surface area (Å²) in [7, 11) is 1.40. The molecule has 1 aromatic carbocycles. The Bertz CT molecular complexity index is 693. The number of H-pyrrole nitrogens is 1. The lowest BCUT2D eigenvalue weighted by atomic mass is 10.1. The van der Waals surface area contributed by atoms with E-state index in [0.717, 1.165) is 17.5 Å². The number of benzene rings is 1. The molecule has 2 aromatic rings. The Labute approximate surface area is 128 Å². The largest absolute Gasteiger partial charge is 0.491 e. The third-order valence-electron chi connectivity index (χ3n) is 3.25. The molecule has 1 aromatic heterocycles. The third-order valence-corrected chi connectivity index (χ3v) is 3.25. The summed E-state index contributed by atoms with van der Waals surface area (Å²) in [5, 5.41) is 2.76. The maximum atomic E-state index is 12.0. The van der Waals surface area contributed by atoms with Crippen LogP contribution in [0, 0.1) is 0 Å². The minimum Gasteiger partial charge on any atom is -0.491 e. The molecule has 0 unspecified atom stereocenters. The lowest BCUT2D eigenvalue weighted by molar-refractivity contribution is 0.0945. The number of carbonyl (C=O) groups is 1. The van der Waals surface area contributed by atoms with Crippen molar-refractivity contribution in [2.45, 2.75) is 13.0 Å². The average Bonchev–Trinajstić information content (AvgIpc) is 2.54. The van der Waals surface area contributed by atoms with Crippen molar-refractivity contribution in [3.05, 3.63) is 63.6 Å². The van der Waals surface area contributed by atoms with Gasteiger partial charge in [-0.3, -0.25) is 9.59 Å². The predicted octanol–water partition coefficient (Wildman–Crippen LogP) is 0.815. The highest BCUT2D eigenvalue weighted by Crippen LogP contribution is 2.05. The molecule has 0 radical (unpaired) electrons. The van der Waals surface area contributed by atoms with Gasteiger partial charge in [0.2, 0.25) is 5.43 Å². The molecule has 6 heteroatoms. The van der Waals surface area contributed by atoms with Crippen LogP contribution in [0.2, 0.25) is 0 Å². The van der Waals surface area contributed by atoms with Gasteiger partial charge in [0.15, 0.2) is 5.75 Å². The lowest BCUT2D eigenvalue weighted by Crippen LogP contribution is -2.25. The zero-order chi connectivity index (χ0) is 15.9. The van der Waals surface area contributed by atoms with Gasteiger partial charge in [0, 0.05) is 18.8 Å². The molecule has 0 bridgehead atoms. The topological polar surface area (TPSA) is 97.2 Å². The van der Waals surface area contributed by atoms with E-state index in [0.29, 0.717) is 13.1 Å². The van der Waals surface area contributed by atoms with Crippen LogP contribution in [0.5, 0.6) is 5.75 Å². The van der Waals surface area contributed by atoms with Gasteiger partial charge >= 0.3 is 0 Å². The van der Waals surface area contributed by atoms with Crippen molar-refractivity contribution in [1.82, 2.24) is 10.3 Å². The van der Waals surface area contributed by atoms with Crippen molar-refractivity contribution in [2.24, 2.45) is 5.73 Å². The van der Waals surface area contributed by atoms with E-state index in [1.165, 1.54) is 19.4 Å². The Hall–Kier alpha value is -2.60. The molecule has 0 fully saturated rings. The standard InChI is InChI=1S/C16H19N3O3/c1-22-15-10-18-13(8-14(15)20)16(21)19-9-12-4-2-11(3-5-12)6-7-17/h2-5,8,10H,6-7,9,17H2,1H3,(H,18,20)(H,19,21). The zero-order valence-electron chi connectivity index (χ0n) is 12.4. The number of methoxy groups -OCH3 is 1. The van der Waals surface area contributed by atoms with Crippen molar-refractivity contribution >= 4 is 5.91 Å². The quantitative estimate of drug-likeness (QED) is 0.735. The number of ether oxygens (including phenoxy) is 1. The van der Waals surface area contributed by atoms with Gasteiger partial charge < -0.3 is 20.8 Å². The normalized spacial score (nSPS) is 10.3. The molecule has 2 rings (SSSR count). The molecular weight excluding hydrogens is 282 g/mol. The number of amides is 1. The highest BCUT2D eigenvalue weighted by molar-refractivity contribution is 5.92. The molecule has 0 aliphatic heterocycles. The highest BCUT2D eigenvalue weighted by atomic mass is 16.5. The summed E-state index contributed by atoms with van der Waals surface area (Å²) in [6.07, 6.45) is 2.21. The Morgan fingerprint density at radius 2 is 1.95 bits per heavy atom. The number of pyridine rings is 1. The first-order chi connectivity index (χ1) is 10.6. The van der Waals surface area contributed by atoms with Crippen LogP contribution in [-0.4, -0.2) is 24.5 Å². The van der Waals surface area contributed by atoms with Crippen LogP contribution in [0.4, 0.5) is 0 Å². The molecular formula is C16H19N3O3. The number of nitrogens with one attached hydrogen (secondary N) is 2. The summed E-state index contributed by atoms with van der Waals surface area (Å²) in [4.78, 5) is 26.4. The Balaban J connectivity index is 1.97. The summed E-state index contributed by atoms with van der Waals surface area (Å²) in [5.41, 5.74) is 7.50. The van der Waals surface area contributed by atoms with Gasteiger partial charge in [0.05, 0.1) is 7.11 Å². The van der Waals surface area contributed by atoms with Crippen LogP contribution in [0.25, 0.3) is 0 Å². The third kappa shape index (κ3) is 3.95. The van der Waals surface area contributed by atoms with Gasteiger partial charge in [-0.05, 0) is 24.1 Å². The van der Waals surface area contributed by atoms with E-state index in [9.17, 15) is 9.59 Å². The minimum atomic E-state index is -0.342. The molecule has 0 aliphatic carbocycles. The Morgan fingerprint density at radius 1 is 1.27 bits per heavy atom. The summed E-state index contributed by atoms with van der Waals surface area (Å²) in [6, 6.07) is 9.09. The summed E-state index contributed by atoms with van der Waals surface area (Å²) in [5.74, 6) is -0.169. The maximum Gasteiger partial charge on any atom is 0.268 e. The molecule has 6 nitrogen and oxygen atoms in total. The molecule has 0 aliphatic rings. The predicted molar refractivity (Wildman–Crippen MR) is 84.0 cm³/mol. The lowest BCUT2D eigenvalue weighted by Gasteiger charge is -2.07. The Morgan fingerprint density at radius 3 is 2.55 bits per heavy atom. The van der Waals surface area contributed by atoms with Gasteiger partial charge in [-0.1, -0.05) is 24.3 Å². The van der Waals surface area contributed by atoms with E-state index in [-0.39, 0.29) is 22.8 Å². The molecule has 22 heavy (non-hydrogen) atoms. The first kappa shape index (κ1) is 15.8. The SMILES string of the molecule is COc1c[nH]c(C(=O)NCc2ccc(CCN)cc2)cc1=O. The monoisotopic (exact) mass is 301 g/mol. The van der Waals surface area contributed by atoms with Gasteiger partial charge in [-0.15, -0.1) is 0 Å². The Kier molecular flexibility index (Phi) is 5.32. The van der Waals surface area contributed by atoms with E-state index in [1.54, 1.807) is 0 Å². The van der Waals surface area contributed by atoms with E-state index < -0.39 is 0 Å². The second kappa shape index (κ2) is 7.42. The number of nitrogens with two attached hydrogens (primary N) is 1. The summed E-state index contributed by atoms with van der Waals surface area (Å²) in [6.45, 7) is 0.997. The smallest absolute Gasteiger partial charge is 0.268 e. The zero-order valence-corrected chi connectivity index (χ0v) is 12.4. The molecule has 1 amide bonds. The van der Waals surface area contributed by atoms with Crippen molar-refractivity contribution in [1.29, 1.82) is 0 Å². The molecule has 0 spiro atoms. The van der Waals surface area contributed by atoms with E-state index in [4.69, 9.17) is 10.5 Å². The van der Waals surface area contributed by atoms with E-state index in [2.05, 4.69) is 10.3 Å². The second-order valence-corrected chi connectivity index (χ2v) is 4.82. The van der Waals surface area contributed by atoms with Crippen LogP contribution in [0.1, 0.15) is 21.6 Å². The van der Waals surface area contributed by atoms with Crippen LogP contribution in [0.15, 0.2) is 41.3 Å². The molecule has 116 valence electrons. The average molecular weight is 301 g/mol. The molecule has 0 saturated heterocycles. The number of aromatic nitrogens is 1. The van der Waals surface area contributed by atoms with Crippen molar-refractivity contribution < 1.29 is 9.53 Å². The highest BCUT2D eigenvalue weighted by Gasteiger charge is 2.08. The fraction of sp³-hybridized carbons (Fsp3) is 0.250. The molecule has 1 heterocycles. The van der Waals surface area contributed by atoms with Crippen molar-refractivity contribution in [3.63, 3.8) is 0 Å². The van der Waals surface area contributed by atoms with Gasteiger partial charge in [0.25, 0.3) is 5.91 Å². The fourth-order valence-electron chi connectivity index (χ4n) is 2.02. The number of hydrogen-bond acceptors (Lipinski definition) is 4. The van der Waals surface area contributed by atoms with E-state index in [1.807, 2.05) is 24.3 Å². The van der Waals surface area contributed by atoms with Gasteiger partial charge in [0.1, 0.15) is 5.69 Å². The molecule has 4 N–H and O–H groups in total. The number of aromatic amines is 1. The maximum absolute atomic E-state index is 12.0. The van der Waals surface area contributed by atoms with Crippen LogP contribution in [0.3, 0.4) is 0 Å². The summed E-state index contributed by atoms with van der Waals surface area (Å²) < 4.78 is 4.86.